The fourth-order valence-electron chi connectivity index (χ4n) is 1.94. The van der Waals surface area contributed by atoms with Crippen molar-refractivity contribution in [3.05, 3.63) is 12.0 Å². The third-order valence-electron chi connectivity index (χ3n) is 2.77. The van der Waals surface area contributed by atoms with Gasteiger partial charge in [0.05, 0.1) is 6.33 Å². The topological polar surface area (TPSA) is 99.0 Å². The van der Waals surface area contributed by atoms with Gasteiger partial charge in [-0.15, -0.1) is 0 Å². The molecule has 6 nitrogen and oxygen atoms in total. The monoisotopic (exact) mass is 209 g/mol. The zero-order valence-electron chi connectivity index (χ0n) is 8.44. The van der Waals surface area contributed by atoms with E-state index in [9.17, 15) is 4.79 Å². The molecule has 0 saturated carbocycles. The SMILES string of the molecule is NC(=O)c1ncn(C2CCNCC2)c1N. The molecule has 6 heteroatoms. The second kappa shape index (κ2) is 3.90. The Labute approximate surface area is 87.6 Å². The van der Waals surface area contributed by atoms with E-state index in [2.05, 4.69) is 10.3 Å². The number of carbonyl (C=O) groups is 1. The molecule has 1 aromatic heterocycles. The Hall–Kier alpha value is -1.56. The fourth-order valence-corrected chi connectivity index (χ4v) is 1.94. The molecule has 82 valence electrons. The number of nitrogens with zero attached hydrogens (tertiary/aromatic N) is 2. The molecular formula is C9H15N5O. The third kappa shape index (κ3) is 1.80. The standard InChI is InChI=1S/C9H15N5O/c10-8-7(9(11)15)13-5-14(8)6-1-3-12-4-2-6/h5-6,12H,1-4,10H2,(H2,11,15). The van der Waals surface area contributed by atoms with Crippen molar-refractivity contribution in [1.82, 2.24) is 14.9 Å². The van der Waals surface area contributed by atoms with Gasteiger partial charge in [0.2, 0.25) is 0 Å². The van der Waals surface area contributed by atoms with Crippen LogP contribution in [0.2, 0.25) is 0 Å². The number of nitrogen functional groups attached to an aromatic ring is 1. The maximum absolute atomic E-state index is 11.0. The molecular weight excluding hydrogens is 194 g/mol. The van der Waals surface area contributed by atoms with Crippen molar-refractivity contribution in [2.75, 3.05) is 18.8 Å². The number of anilines is 1. The third-order valence-corrected chi connectivity index (χ3v) is 2.77. The van der Waals surface area contributed by atoms with Crippen molar-refractivity contribution in [3.8, 4) is 0 Å². The van der Waals surface area contributed by atoms with Gasteiger partial charge in [-0.25, -0.2) is 4.98 Å². The lowest BCUT2D eigenvalue weighted by Crippen LogP contribution is -2.29. The van der Waals surface area contributed by atoms with E-state index in [-0.39, 0.29) is 5.69 Å². The Balaban J connectivity index is 2.24. The highest BCUT2D eigenvalue weighted by molar-refractivity contribution is 5.95. The number of aromatic nitrogens is 2. The summed E-state index contributed by atoms with van der Waals surface area (Å²) in [7, 11) is 0. The van der Waals surface area contributed by atoms with Crippen LogP contribution in [0, 0.1) is 0 Å². The summed E-state index contributed by atoms with van der Waals surface area (Å²) in [4.78, 5) is 14.9. The molecule has 1 fully saturated rings. The van der Waals surface area contributed by atoms with E-state index in [1.165, 1.54) is 0 Å². The summed E-state index contributed by atoms with van der Waals surface area (Å²) < 4.78 is 1.85. The van der Waals surface area contributed by atoms with E-state index in [0.717, 1.165) is 25.9 Å². The van der Waals surface area contributed by atoms with Gasteiger partial charge in [-0.1, -0.05) is 0 Å². The lowest BCUT2D eigenvalue weighted by molar-refractivity contribution is 0.0997. The summed E-state index contributed by atoms with van der Waals surface area (Å²) in [5.41, 5.74) is 11.1. The van der Waals surface area contributed by atoms with Crippen molar-refractivity contribution in [3.63, 3.8) is 0 Å². The highest BCUT2D eigenvalue weighted by Gasteiger charge is 2.20. The molecule has 1 amide bonds. The maximum atomic E-state index is 11.0. The molecule has 1 aliphatic heterocycles. The Bertz CT molecular complexity index is 367. The van der Waals surface area contributed by atoms with Gasteiger partial charge in [0.1, 0.15) is 5.82 Å². The molecule has 2 heterocycles. The fraction of sp³-hybridized carbons (Fsp3) is 0.556. The van der Waals surface area contributed by atoms with E-state index in [1.807, 2.05) is 4.57 Å². The first-order valence-corrected chi connectivity index (χ1v) is 5.03. The Morgan fingerprint density at radius 2 is 2.20 bits per heavy atom. The van der Waals surface area contributed by atoms with E-state index >= 15 is 0 Å². The number of hydrogen-bond donors (Lipinski definition) is 3. The number of rotatable bonds is 2. The number of nitrogens with one attached hydrogen (secondary N) is 1. The number of primary amides is 1. The molecule has 15 heavy (non-hydrogen) atoms. The molecule has 0 spiro atoms. The summed E-state index contributed by atoms with van der Waals surface area (Å²) in [5, 5.41) is 3.27. The lowest BCUT2D eigenvalue weighted by Gasteiger charge is -2.24. The number of amides is 1. The van der Waals surface area contributed by atoms with Gasteiger partial charge in [-0.05, 0) is 25.9 Å². The number of nitrogens with two attached hydrogens (primary N) is 2. The number of carbonyl (C=O) groups excluding carboxylic acids is 1. The Morgan fingerprint density at radius 3 is 2.73 bits per heavy atom. The quantitative estimate of drug-likeness (QED) is 0.610. The summed E-state index contributed by atoms with van der Waals surface area (Å²) in [5.74, 6) is -0.186. The molecule has 1 saturated heterocycles. The van der Waals surface area contributed by atoms with Crippen LogP contribution in [0.1, 0.15) is 29.4 Å². The van der Waals surface area contributed by atoms with Crippen LogP contribution in [0.3, 0.4) is 0 Å². The number of imidazole rings is 1. The zero-order valence-corrected chi connectivity index (χ0v) is 8.44. The van der Waals surface area contributed by atoms with Gasteiger partial charge in [0.15, 0.2) is 5.69 Å². The number of piperidine rings is 1. The minimum Gasteiger partial charge on any atom is -0.383 e. The molecule has 0 aliphatic carbocycles. The zero-order chi connectivity index (χ0) is 10.8. The van der Waals surface area contributed by atoms with Crippen molar-refractivity contribution in [2.24, 2.45) is 5.73 Å². The van der Waals surface area contributed by atoms with Gasteiger partial charge in [0.25, 0.3) is 5.91 Å². The van der Waals surface area contributed by atoms with E-state index < -0.39 is 5.91 Å². The van der Waals surface area contributed by atoms with Crippen LogP contribution >= 0.6 is 0 Å². The molecule has 0 radical (unpaired) electrons. The van der Waals surface area contributed by atoms with Crippen molar-refractivity contribution < 1.29 is 4.79 Å². The molecule has 1 aliphatic rings. The first-order valence-electron chi connectivity index (χ1n) is 5.03. The van der Waals surface area contributed by atoms with Crippen LogP contribution in [0.15, 0.2) is 6.33 Å². The predicted octanol–water partition coefficient (Wildman–Crippen LogP) is -0.511. The second-order valence-corrected chi connectivity index (χ2v) is 3.73. The van der Waals surface area contributed by atoms with Crippen LogP contribution in [-0.4, -0.2) is 28.5 Å². The molecule has 5 N–H and O–H groups in total. The van der Waals surface area contributed by atoms with E-state index in [4.69, 9.17) is 11.5 Å². The predicted molar refractivity (Wildman–Crippen MR) is 56.3 cm³/mol. The molecule has 0 atom stereocenters. The molecule has 2 rings (SSSR count). The van der Waals surface area contributed by atoms with Gasteiger partial charge in [-0.2, -0.15) is 0 Å². The van der Waals surface area contributed by atoms with Crippen LogP contribution in [0.5, 0.6) is 0 Å². The van der Waals surface area contributed by atoms with Gasteiger partial charge < -0.3 is 21.4 Å². The average molecular weight is 209 g/mol. The summed E-state index contributed by atoms with van der Waals surface area (Å²) in [6.45, 7) is 1.93. The van der Waals surface area contributed by atoms with Crippen molar-refractivity contribution in [2.45, 2.75) is 18.9 Å². The molecule has 1 aromatic rings. The van der Waals surface area contributed by atoms with Crippen LogP contribution in [0.4, 0.5) is 5.82 Å². The van der Waals surface area contributed by atoms with Gasteiger partial charge in [0, 0.05) is 6.04 Å². The highest BCUT2D eigenvalue weighted by Crippen LogP contribution is 2.23. The summed E-state index contributed by atoms with van der Waals surface area (Å²) in [6, 6.07) is 0.326. The van der Waals surface area contributed by atoms with Gasteiger partial charge in [-0.3, -0.25) is 4.79 Å². The minimum atomic E-state index is -0.569. The highest BCUT2D eigenvalue weighted by atomic mass is 16.1. The van der Waals surface area contributed by atoms with Crippen LogP contribution in [0.25, 0.3) is 0 Å². The summed E-state index contributed by atoms with van der Waals surface area (Å²) >= 11 is 0. The minimum absolute atomic E-state index is 0.175. The summed E-state index contributed by atoms with van der Waals surface area (Å²) in [6.07, 6.45) is 3.60. The first kappa shape index (κ1) is 9.97. The molecule has 0 bridgehead atoms. The second-order valence-electron chi connectivity index (χ2n) is 3.73. The van der Waals surface area contributed by atoms with Gasteiger partial charge >= 0.3 is 0 Å². The van der Waals surface area contributed by atoms with E-state index in [1.54, 1.807) is 6.33 Å². The largest absolute Gasteiger partial charge is 0.383 e. The number of hydrogen-bond acceptors (Lipinski definition) is 4. The van der Waals surface area contributed by atoms with Crippen molar-refractivity contribution in [1.29, 1.82) is 0 Å². The van der Waals surface area contributed by atoms with Crippen LogP contribution in [-0.2, 0) is 0 Å². The lowest BCUT2D eigenvalue weighted by atomic mass is 10.1. The Morgan fingerprint density at radius 1 is 1.53 bits per heavy atom. The normalized spacial score (nSPS) is 17.9. The first-order chi connectivity index (χ1) is 7.20. The maximum Gasteiger partial charge on any atom is 0.271 e. The van der Waals surface area contributed by atoms with Crippen molar-refractivity contribution >= 4 is 11.7 Å². The molecule has 0 unspecified atom stereocenters. The average Bonchev–Trinajstić information content (AvgIpc) is 2.61. The van der Waals surface area contributed by atoms with E-state index in [0.29, 0.717) is 11.9 Å². The van der Waals surface area contributed by atoms with Crippen LogP contribution < -0.4 is 16.8 Å². The smallest absolute Gasteiger partial charge is 0.271 e. The molecule has 0 aromatic carbocycles. The Kier molecular flexibility index (Phi) is 2.59.